The summed E-state index contributed by atoms with van der Waals surface area (Å²) in [6.45, 7) is 2.20. The summed E-state index contributed by atoms with van der Waals surface area (Å²) in [5, 5.41) is 10.2. The quantitative estimate of drug-likeness (QED) is 0.826. The van der Waals surface area contributed by atoms with Crippen LogP contribution < -0.4 is 0 Å². The normalized spacial score (nSPS) is 11.6. The van der Waals surface area contributed by atoms with E-state index in [-0.39, 0.29) is 22.0 Å². The van der Waals surface area contributed by atoms with Gasteiger partial charge in [-0.25, -0.2) is 13.4 Å². The van der Waals surface area contributed by atoms with E-state index in [0.29, 0.717) is 0 Å². The predicted molar refractivity (Wildman–Crippen MR) is 86.3 cm³/mol. The molecule has 2 aromatic rings. The van der Waals surface area contributed by atoms with Gasteiger partial charge >= 0.3 is 0 Å². The first kappa shape index (κ1) is 16.9. The van der Waals surface area contributed by atoms with Gasteiger partial charge in [0, 0.05) is 24.7 Å². The van der Waals surface area contributed by atoms with Crippen LogP contribution in [-0.4, -0.2) is 24.8 Å². The van der Waals surface area contributed by atoms with Gasteiger partial charge in [0.1, 0.15) is 11.0 Å². The Balaban J connectivity index is 2.34. The second-order valence-electron chi connectivity index (χ2n) is 4.56. The largest absolute Gasteiger partial charge is 0.249 e. The summed E-state index contributed by atoms with van der Waals surface area (Å²) in [4.78, 5) is 4.99. The fourth-order valence-electron chi connectivity index (χ4n) is 1.88. The highest BCUT2D eigenvalue weighted by Gasteiger charge is 2.25. The molecule has 1 heterocycles. The summed E-state index contributed by atoms with van der Waals surface area (Å²) in [7, 11) is -2.32. The lowest BCUT2D eigenvalue weighted by atomic mass is 10.2. The topological polar surface area (TPSA) is 74.1 Å². The van der Waals surface area contributed by atoms with Crippen molar-refractivity contribution in [2.24, 2.45) is 0 Å². The molecule has 0 bridgehead atoms. The lowest BCUT2D eigenvalue weighted by Crippen LogP contribution is -2.26. The van der Waals surface area contributed by atoms with E-state index in [0.717, 1.165) is 16.3 Å². The van der Waals surface area contributed by atoms with Crippen LogP contribution in [-0.2, 0) is 23.0 Å². The van der Waals surface area contributed by atoms with E-state index >= 15 is 0 Å². The number of aryl methyl sites for hydroxylation is 1. The van der Waals surface area contributed by atoms with E-state index < -0.39 is 10.0 Å². The lowest BCUT2D eigenvalue weighted by molar-refractivity contribution is 0.469. The maximum absolute atomic E-state index is 12.6. The van der Waals surface area contributed by atoms with Gasteiger partial charge in [-0.1, -0.05) is 24.6 Å². The molecule has 0 fully saturated rings. The first-order valence-electron chi connectivity index (χ1n) is 6.48. The van der Waals surface area contributed by atoms with E-state index in [2.05, 4.69) is 4.98 Å². The molecule has 0 aliphatic rings. The van der Waals surface area contributed by atoms with Gasteiger partial charge < -0.3 is 0 Å². The first-order chi connectivity index (χ1) is 10.4. The Bertz CT molecular complexity index is 825. The molecule has 22 heavy (non-hydrogen) atoms. The van der Waals surface area contributed by atoms with Crippen LogP contribution in [0.4, 0.5) is 0 Å². The van der Waals surface area contributed by atoms with Crippen LogP contribution in [0.5, 0.6) is 0 Å². The molecule has 1 aromatic heterocycles. The number of rotatable bonds is 5. The molecule has 0 aliphatic heterocycles. The molecule has 8 heteroatoms. The van der Waals surface area contributed by atoms with Crippen LogP contribution in [0.3, 0.4) is 0 Å². The van der Waals surface area contributed by atoms with E-state index in [1.54, 1.807) is 6.20 Å². The number of benzene rings is 1. The van der Waals surface area contributed by atoms with Gasteiger partial charge in [-0.05, 0) is 18.6 Å². The van der Waals surface area contributed by atoms with E-state index in [9.17, 15) is 8.42 Å². The molecule has 0 radical (unpaired) electrons. The predicted octanol–water partition coefficient (Wildman–Crippen LogP) is 3.05. The monoisotopic (exact) mass is 355 g/mol. The molecular formula is C14H14ClN3O2S2. The van der Waals surface area contributed by atoms with Crippen LogP contribution in [0.25, 0.3) is 0 Å². The summed E-state index contributed by atoms with van der Waals surface area (Å²) in [5.41, 5.74) is -0.0328. The molecule has 0 spiro atoms. The van der Waals surface area contributed by atoms with Crippen LogP contribution >= 0.6 is 22.9 Å². The number of aromatic nitrogens is 1. The van der Waals surface area contributed by atoms with Gasteiger partial charge in [0.05, 0.1) is 15.6 Å². The summed E-state index contributed by atoms with van der Waals surface area (Å²) in [6, 6.07) is 6.26. The number of thiazole rings is 1. The highest BCUT2D eigenvalue weighted by atomic mass is 35.5. The third kappa shape index (κ3) is 3.31. The average Bonchev–Trinajstić information content (AvgIpc) is 2.94. The summed E-state index contributed by atoms with van der Waals surface area (Å²) in [5.74, 6) is 0. The minimum atomic E-state index is -3.79. The smallest absolute Gasteiger partial charge is 0.244 e. The van der Waals surface area contributed by atoms with Crippen LogP contribution in [0.1, 0.15) is 22.4 Å². The number of nitriles is 1. The highest BCUT2D eigenvalue weighted by molar-refractivity contribution is 7.89. The summed E-state index contributed by atoms with van der Waals surface area (Å²) in [6.07, 6.45) is 2.49. The maximum atomic E-state index is 12.6. The standard InChI is InChI=1S/C14H14ClN3O2S2/c1-3-14-17-8-10(21-14)9-18(2)22(19,20)13-6-4-5-12(15)11(13)7-16/h4-6,8H,3,9H2,1-2H3. The van der Waals surface area contributed by atoms with Crippen molar-refractivity contribution in [3.05, 3.63) is 44.9 Å². The van der Waals surface area contributed by atoms with Gasteiger partial charge in [0.25, 0.3) is 0 Å². The Kier molecular flexibility index (Phi) is 5.19. The number of sulfonamides is 1. The Morgan fingerprint density at radius 3 is 2.77 bits per heavy atom. The zero-order valence-electron chi connectivity index (χ0n) is 12.1. The molecule has 1 aromatic carbocycles. The second-order valence-corrected chi connectivity index (χ2v) is 8.18. The molecule has 0 aliphatic carbocycles. The van der Waals surface area contributed by atoms with E-state index in [1.807, 2.05) is 13.0 Å². The van der Waals surface area contributed by atoms with Gasteiger partial charge in [-0.15, -0.1) is 11.3 Å². The Morgan fingerprint density at radius 2 is 2.18 bits per heavy atom. The molecule has 2 rings (SSSR count). The molecular weight excluding hydrogens is 342 g/mol. The Labute approximate surface area is 138 Å². The molecule has 0 saturated heterocycles. The van der Waals surface area contributed by atoms with Crippen molar-refractivity contribution in [1.82, 2.24) is 9.29 Å². The van der Waals surface area contributed by atoms with Crippen molar-refractivity contribution >= 4 is 33.0 Å². The molecule has 0 saturated carbocycles. The minimum absolute atomic E-state index is 0.0328. The zero-order valence-corrected chi connectivity index (χ0v) is 14.5. The maximum Gasteiger partial charge on any atom is 0.244 e. The number of halogens is 1. The lowest BCUT2D eigenvalue weighted by Gasteiger charge is -2.17. The Morgan fingerprint density at radius 1 is 1.45 bits per heavy atom. The second kappa shape index (κ2) is 6.75. The van der Waals surface area contributed by atoms with Crippen molar-refractivity contribution in [1.29, 1.82) is 5.26 Å². The van der Waals surface area contributed by atoms with E-state index in [1.165, 1.54) is 40.9 Å². The SMILES string of the molecule is CCc1ncc(CN(C)S(=O)(=O)c2cccc(Cl)c2C#N)s1. The number of hydrogen-bond donors (Lipinski definition) is 0. The van der Waals surface area contributed by atoms with Crippen LogP contribution in [0.15, 0.2) is 29.3 Å². The molecule has 0 atom stereocenters. The zero-order chi connectivity index (χ0) is 16.3. The van der Waals surface area contributed by atoms with Gasteiger partial charge in [-0.3, -0.25) is 0 Å². The van der Waals surface area contributed by atoms with Crippen molar-refractivity contribution in [3.63, 3.8) is 0 Å². The van der Waals surface area contributed by atoms with E-state index in [4.69, 9.17) is 16.9 Å². The average molecular weight is 356 g/mol. The highest BCUT2D eigenvalue weighted by Crippen LogP contribution is 2.26. The summed E-state index contributed by atoms with van der Waals surface area (Å²) >= 11 is 7.39. The van der Waals surface area contributed by atoms with Crippen LogP contribution in [0.2, 0.25) is 5.02 Å². The molecule has 116 valence electrons. The van der Waals surface area contributed by atoms with Crippen molar-refractivity contribution in [2.75, 3.05) is 7.05 Å². The molecule has 5 nitrogen and oxygen atoms in total. The Hall–Kier alpha value is -1.46. The van der Waals surface area contributed by atoms with Gasteiger partial charge in [-0.2, -0.15) is 9.57 Å². The van der Waals surface area contributed by atoms with Crippen molar-refractivity contribution < 1.29 is 8.42 Å². The third-order valence-electron chi connectivity index (χ3n) is 3.06. The fraction of sp³-hybridized carbons (Fsp3) is 0.286. The van der Waals surface area contributed by atoms with Gasteiger partial charge in [0.15, 0.2) is 0 Å². The minimum Gasteiger partial charge on any atom is -0.249 e. The molecule has 0 amide bonds. The number of hydrogen-bond acceptors (Lipinski definition) is 5. The van der Waals surface area contributed by atoms with Crippen LogP contribution in [0, 0.1) is 11.3 Å². The molecule has 0 N–H and O–H groups in total. The van der Waals surface area contributed by atoms with Gasteiger partial charge in [0.2, 0.25) is 10.0 Å². The molecule has 0 unspecified atom stereocenters. The van der Waals surface area contributed by atoms with Crippen molar-refractivity contribution in [3.8, 4) is 6.07 Å². The van der Waals surface area contributed by atoms with Crippen molar-refractivity contribution in [2.45, 2.75) is 24.8 Å². The first-order valence-corrected chi connectivity index (χ1v) is 9.12. The number of nitrogens with zero attached hydrogens (tertiary/aromatic N) is 3. The summed E-state index contributed by atoms with van der Waals surface area (Å²) < 4.78 is 26.5. The third-order valence-corrected chi connectivity index (χ3v) is 6.34. The fourth-order valence-corrected chi connectivity index (χ4v) is 4.46.